The molecular formula is C17H18F3NO5. The van der Waals surface area contributed by atoms with Crippen molar-refractivity contribution in [1.29, 1.82) is 0 Å². The first-order chi connectivity index (χ1) is 12.4. The van der Waals surface area contributed by atoms with Crippen molar-refractivity contribution >= 4 is 22.7 Å². The SMILES string of the molecule is COC[C@H]1CN(c2coc3cc(OCCCC(F)(F)F)ccc23)C(=O)O1. The molecule has 1 amide bonds. The number of methoxy groups -OCH3 is 1. The third-order valence-electron chi connectivity index (χ3n) is 3.92. The largest absolute Gasteiger partial charge is 0.493 e. The first-order valence-corrected chi connectivity index (χ1v) is 8.05. The number of rotatable bonds is 7. The van der Waals surface area contributed by atoms with Crippen molar-refractivity contribution in [3.63, 3.8) is 0 Å². The molecule has 0 N–H and O–H groups in total. The highest BCUT2D eigenvalue weighted by atomic mass is 19.4. The van der Waals surface area contributed by atoms with Gasteiger partial charge < -0.3 is 18.6 Å². The molecule has 1 aromatic carbocycles. The van der Waals surface area contributed by atoms with Gasteiger partial charge in [-0.25, -0.2) is 4.79 Å². The number of carbonyl (C=O) groups is 1. The summed E-state index contributed by atoms with van der Waals surface area (Å²) in [5, 5.41) is 0.683. The summed E-state index contributed by atoms with van der Waals surface area (Å²) in [4.78, 5) is 13.5. The summed E-state index contributed by atoms with van der Waals surface area (Å²) in [5.41, 5.74) is 1.03. The van der Waals surface area contributed by atoms with Crippen LogP contribution in [0.5, 0.6) is 5.75 Å². The van der Waals surface area contributed by atoms with Crippen LogP contribution in [0.2, 0.25) is 0 Å². The molecule has 1 atom stereocenters. The highest BCUT2D eigenvalue weighted by molar-refractivity contribution is 6.01. The van der Waals surface area contributed by atoms with E-state index >= 15 is 0 Å². The lowest BCUT2D eigenvalue weighted by Crippen LogP contribution is -2.25. The second-order valence-electron chi connectivity index (χ2n) is 5.92. The lowest BCUT2D eigenvalue weighted by Gasteiger charge is -2.11. The number of alkyl halides is 3. The summed E-state index contributed by atoms with van der Waals surface area (Å²) in [6.45, 7) is 0.598. The number of cyclic esters (lactones) is 1. The van der Waals surface area contributed by atoms with E-state index in [0.29, 0.717) is 35.6 Å². The first-order valence-electron chi connectivity index (χ1n) is 8.05. The second-order valence-corrected chi connectivity index (χ2v) is 5.92. The summed E-state index contributed by atoms with van der Waals surface area (Å²) in [5.74, 6) is 0.404. The molecule has 26 heavy (non-hydrogen) atoms. The summed E-state index contributed by atoms with van der Waals surface area (Å²) in [7, 11) is 1.53. The van der Waals surface area contributed by atoms with Gasteiger partial charge in [0.25, 0.3) is 0 Å². The molecule has 0 saturated carbocycles. The van der Waals surface area contributed by atoms with Crippen LogP contribution in [-0.4, -0.2) is 45.2 Å². The third kappa shape index (κ3) is 4.21. The topological polar surface area (TPSA) is 61.1 Å². The van der Waals surface area contributed by atoms with Gasteiger partial charge in [-0.2, -0.15) is 13.2 Å². The maximum atomic E-state index is 12.1. The molecule has 1 aliphatic heterocycles. The van der Waals surface area contributed by atoms with E-state index in [9.17, 15) is 18.0 Å². The van der Waals surface area contributed by atoms with Gasteiger partial charge in [0.15, 0.2) is 0 Å². The zero-order chi connectivity index (χ0) is 18.7. The Balaban J connectivity index is 1.67. The Bertz CT molecular complexity index is 773. The van der Waals surface area contributed by atoms with Crippen molar-refractivity contribution in [3.05, 3.63) is 24.5 Å². The minimum Gasteiger partial charge on any atom is -0.493 e. The van der Waals surface area contributed by atoms with Gasteiger partial charge in [-0.05, 0) is 18.6 Å². The minimum absolute atomic E-state index is 0.0459. The molecular weight excluding hydrogens is 355 g/mol. The fraction of sp³-hybridized carbons (Fsp3) is 0.471. The molecule has 3 rings (SSSR count). The van der Waals surface area contributed by atoms with Crippen LogP contribution in [-0.2, 0) is 9.47 Å². The number of amides is 1. The smallest absolute Gasteiger partial charge is 0.414 e. The van der Waals surface area contributed by atoms with E-state index in [-0.39, 0.29) is 19.1 Å². The van der Waals surface area contributed by atoms with Crippen molar-refractivity contribution in [2.45, 2.75) is 25.1 Å². The number of furan rings is 1. The third-order valence-corrected chi connectivity index (χ3v) is 3.92. The summed E-state index contributed by atoms with van der Waals surface area (Å²) >= 11 is 0. The predicted molar refractivity (Wildman–Crippen MR) is 86.5 cm³/mol. The average Bonchev–Trinajstić information content (AvgIpc) is 3.14. The van der Waals surface area contributed by atoms with E-state index in [0.717, 1.165) is 0 Å². The molecule has 2 heterocycles. The molecule has 142 valence electrons. The van der Waals surface area contributed by atoms with Crippen LogP contribution < -0.4 is 9.64 Å². The van der Waals surface area contributed by atoms with Crippen LogP contribution in [0, 0.1) is 0 Å². The molecule has 1 fully saturated rings. The van der Waals surface area contributed by atoms with Crippen LogP contribution >= 0.6 is 0 Å². The van der Waals surface area contributed by atoms with Crippen LogP contribution in [0.1, 0.15) is 12.8 Å². The maximum Gasteiger partial charge on any atom is 0.414 e. The molecule has 6 nitrogen and oxygen atoms in total. The number of anilines is 1. The Morgan fingerprint density at radius 2 is 2.15 bits per heavy atom. The van der Waals surface area contributed by atoms with Gasteiger partial charge >= 0.3 is 12.3 Å². The molecule has 9 heteroatoms. The van der Waals surface area contributed by atoms with Crippen molar-refractivity contribution in [2.24, 2.45) is 0 Å². The Hall–Kier alpha value is -2.42. The zero-order valence-corrected chi connectivity index (χ0v) is 14.0. The van der Waals surface area contributed by atoms with Crippen molar-refractivity contribution in [1.82, 2.24) is 0 Å². The van der Waals surface area contributed by atoms with Crippen molar-refractivity contribution in [3.8, 4) is 5.75 Å². The number of hydrogen-bond donors (Lipinski definition) is 0. The van der Waals surface area contributed by atoms with Crippen LogP contribution in [0.4, 0.5) is 23.7 Å². The molecule has 0 bridgehead atoms. The molecule has 0 unspecified atom stereocenters. The summed E-state index contributed by atoms with van der Waals surface area (Å²) < 4.78 is 57.4. The standard InChI is InChI=1S/C17H18F3NO5/c1-23-9-12-8-21(16(22)26-12)14-10-25-15-7-11(3-4-13(14)15)24-6-2-5-17(18,19)20/h3-4,7,10,12H,2,5-6,8-9H2,1H3/t12-/m1/s1. The Kier molecular flexibility index (Phi) is 5.26. The number of ether oxygens (including phenoxy) is 3. The first kappa shape index (κ1) is 18.4. The maximum absolute atomic E-state index is 12.1. The molecule has 0 radical (unpaired) electrons. The lowest BCUT2D eigenvalue weighted by molar-refractivity contribution is -0.136. The van der Waals surface area contributed by atoms with Crippen LogP contribution in [0.25, 0.3) is 11.0 Å². The Labute approximate surface area is 147 Å². The number of halogens is 3. The highest BCUT2D eigenvalue weighted by Gasteiger charge is 2.34. The zero-order valence-electron chi connectivity index (χ0n) is 14.0. The minimum atomic E-state index is -4.19. The number of carbonyl (C=O) groups excluding carboxylic acids is 1. The highest BCUT2D eigenvalue weighted by Crippen LogP contribution is 2.34. The number of hydrogen-bond acceptors (Lipinski definition) is 5. The van der Waals surface area contributed by atoms with Crippen LogP contribution in [0.3, 0.4) is 0 Å². The molecule has 2 aromatic rings. The number of benzene rings is 1. The van der Waals surface area contributed by atoms with Gasteiger partial charge in [0.2, 0.25) is 0 Å². The Morgan fingerprint density at radius 3 is 2.88 bits per heavy atom. The number of fused-ring (bicyclic) bond motifs is 1. The van der Waals surface area contributed by atoms with Gasteiger partial charge in [-0.15, -0.1) is 0 Å². The molecule has 1 aromatic heterocycles. The summed E-state index contributed by atoms with van der Waals surface area (Å²) in [6, 6.07) is 4.91. The lowest BCUT2D eigenvalue weighted by atomic mass is 10.2. The van der Waals surface area contributed by atoms with E-state index in [1.807, 2.05) is 0 Å². The fourth-order valence-electron chi connectivity index (χ4n) is 2.75. The fourth-order valence-corrected chi connectivity index (χ4v) is 2.75. The predicted octanol–water partition coefficient (Wildman–Crippen LogP) is 4.13. The van der Waals surface area contributed by atoms with Gasteiger partial charge in [-0.1, -0.05) is 0 Å². The van der Waals surface area contributed by atoms with Gasteiger partial charge in [0, 0.05) is 25.0 Å². The van der Waals surface area contributed by atoms with Crippen molar-refractivity contribution in [2.75, 3.05) is 31.8 Å². The molecule has 0 aliphatic carbocycles. The number of nitrogens with zero attached hydrogens (tertiary/aromatic N) is 1. The van der Waals surface area contributed by atoms with Crippen molar-refractivity contribution < 1.29 is 36.6 Å². The normalized spacial score (nSPS) is 17.8. The van der Waals surface area contributed by atoms with Gasteiger partial charge in [0.05, 0.1) is 25.4 Å². The van der Waals surface area contributed by atoms with E-state index in [4.69, 9.17) is 18.6 Å². The van der Waals surface area contributed by atoms with Gasteiger partial charge in [0.1, 0.15) is 23.7 Å². The summed E-state index contributed by atoms with van der Waals surface area (Å²) in [6.07, 6.45) is -4.59. The van der Waals surface area contributed by atoms with Gasteiger partial charge in [-0.3, -0.25) is 4.90 Å². The Morgan fingerprint density at radius 1 is 1.35 bits per heavy atom. The van der Waals surface area contributed by atoms with E-state index < -0.39 is 18.7 Å². The van der Waals surface area contributed by atoms with E-state index in [1.165, 1.54) is 18.3 Å². The molecule has 1 saturated heterocycles. The van der Waals surface area contributed by atoms with E-state index in [1.54, 1.807) is 18.2 Å². The quantitative estimate of drug-likeness (QED) is 0.683. The van der Waals surface area contributed by atoms with Crippen LogP contribution in [0.15, 0.2) is 28.9 Å². The molecule has 0 spiro atoms. The average molecular weight is 373 g/mol. The monoisotopic (exact) mass is 373 g/mol. The molecule has 1 aliphatic rings. The van der Waals surface area contributed by atoms with E-state index in [2.05, 4.69) is 0 Å². The second kappa shape index (κ2) is 7.45.